The SMILES string of the molecule is [CH]=CCCOCCCCC. The Morgan fingerprint density at radius 2 is 2.10 bits per heavy atom. The Morgan fingerprint density at radius 1 is 1.30 bits per heavy atom. The van der Waals surface area contributed by atoms with Gasteiger partial charge in [0.05, 0.1) is 6.61 Å². The molecule has 0 spiro atoms. The van der Waals surface area contributed by atoms with Crippen LogP contribution < -0.4 is 0 Å². The highest BCUT2D eigenvalue weighted by Gasteiger charge is 1.85. The maximum absolute atomic E-state index is 5.26. The lowest BCUT2D eigenvalue weighted by molar-refractivity contribution is 0.134. The van der Waals surface area contributed by atoms with Crippen molar-refractivity contribution in [1.29, 1.82) is 0 Å². The van der Waals surface area contributed by atoms with Gasteiger partial charge in [-0.1, -0.05) is 32.4 Å². The van der Waals surface area contributed by atoms with Crippen LogP contribution in [0.25, 0.3) is 0 Å². The van der Waals surface area contributed by atoms with E-state index in [-0.39, 0.29) is 0 Å². The first-order chi connectivity index (χ1) is 4.91. The van der Waals surface area contributed by atoms with E-state index in [1.54, 1.807) is 6.08 Å². The zero-order valence-electron chi connectivity index (χ0n) is 6.81. The van der Waals surface area contributed by atoms with Gasteiger partial charge in [-0.2, -0.15) is 0 Å². The van der Waals surface area contributed by atoms with Crippen molar-refractivity contribution in [1.82, 2.24) is 0 Å². The molecule has 0 aromatic rings. The van der Waals surface area contributed by atoms with E-state index in [9.17, 15) is 0 Å². The van der Waals surface area contributed by atoms with E-state index in [0.717, 1.165) is 19.6 Å². The number of rotatable bonds is 7. The first-order valence-electron chi connectivity index (χ1n) is 4.03. The Kier molecular flexibility index (Phi) is 8.44. The minimum Gasteiger partial charge on any atom is -0.381 e. The van der Waals surface area contributed by atoms with Gasteiger partial charge in [-0.05, 0) is 12.8 Å². The average Bonchev–Trinajstić information content (AvgIpc) is 1.97. The largest absolute Gasteiger partial charge is 0.381 e. The van der Waals surface area contributed by atoms with Crippen LogP contribution in [-0.4, -0.2) is 13.2 Å². The molecule has 59 valence electrons. The van der Waals surface area contributed by atoms with Crippen molar-refractivity contribution in [2.24, 2.45) is 0 Å². The van der Waals surface area contributed by atoms with Gasteiger partial charge >= 0.3 is 0 Å². The number of hydrogen-bond acceptors (Lipinski definition) is 1. The minimum atomic E-state index is 0.778. The Labute approximate surface area is 64.1 Å². The molecule has 0 rings (SSSR count). The highest BCUT2D eigenvalue weighted by molar-refractivity contribution is 4.60. The summed E-state index contributed by atoms with van der Waals surface area (Å²) < 4.78 is 5.26. The summed E-state index contributed by atoms with van der Waals surface area (Å²) in [6.07, 6.45) is 6.21. The molecule has 0 fully saturated rings. The summed E-state index contributed by atoms with van der Waals surface area (Å²) in [4.78, 5) is 0. The van der Waals surface area contributed by atoms with Gasteiger partial charge < -0.3 is 4.74 Å². The zero-order valence-corrected chi connectivity index (χ0v) is 6.81. The van der Waals surface area contributed by atoms with Crippen LogP contribution >= 0.6 is 0 Å². The molecule has 0 aliphatic carbocycles. The van der Waals surface area contributed by atoms with E-state index < -0.39 is 0 Å². The highest BCUT2D eigenvalue weighted by Crippen LogP contribution is 1.94. The summed E-state index contributed by atoms with van der Waals surface area (Å²) in [5.41, 5.74) is 0. The van der Waals surface area contributed by atoms with Crippen molar-refractivity contribution in [3.63, 3.8) is 0 Å². The average molecular weight is 141 g/mol. The molecule has 0 amide bonds. The van der Waals surface area contributed by atoms with E-state index in [0.29, 0.717) is 0 Å². The van der Waals surface area contributed by atoms with Crippen molar-refractivity contribution in [2.45, 2.75) is 32.6 Å². The van der Waals surface area contributed by atoms with Gasteiger partial charge in [0, 0.05) is 6.61 Å². The van der Waals surface area contributed by atoms with Gasteiger partial charge in [-0.25, -0.2) is 0 Å². The lowest BCUT2D eigenvalue weighted by Crippen LogP contribution is -1.95. The second-order valence-corrected chi connectivity index (χ2v) is 2.34. The summed E-state index contributed by atoms with van der Waals surface area (Å²) in [7, 11) is 0. The van der Waals surface area contributed by atoms with Crippen molar-refractivity contribution in [2.75, 3.05) is 13.2 Å². The smallest absolute Gasteiger partial charge is 0.0500 e. The summed E-state index contributed by atoms with van der Waals surface area (Å²) in [6.45, 7) is 9.02. The van der Waals surface area contributed by atoms with Crippen molar-refractivity contribution in [3.8, 4) is 0 Å². The van der Waals surface area contributed by atoms with Crippen molar-refractivity contribution >= 4 is 0 Å². The molecular weight excluding hydrogens is 124 g/mol. The van der Waals surface area contributed by atoms with Crippen LogP contribution in [0, 0.1) is 6.58 Å². The molecule has 1 nitrogen and oxygen atoms in total. The van der Waals surface area contributed by atoms with Gasteiger partial charge in [-0.15, -0.1) is 0 Å². The normalized spacial score (nSPS) is 9.70. The van der Waals surface area contributed by atoms with E-state index in [1.807, 2.05) is 0 Å². The third-order valence-electron chi connectivity index (χ3n) is 1.32. The molecular formula is C9H17O. The maximum Gasteiger partial charge on any atom is 0.0500 e. The maximum atomic E-state index is 5.26. The third kappa shape index (κ3) is 7.70. The van der Waals surface area contributed by atoms with Gasteiger partial charge in [0.2, 0.25) is 0 Å². The molecule has 10 heavy (non-hydrogen) atoms. The molecule has 0 aromatic carbocycles. The zero-order chi connectivity index (χ0) is 7.66. The summed E-state index contributed by atoms with van der Waals surface area (Å²) in [6, 6.07) is 0. The molecule has 0 atom stereocenters. The Hall–Kier alpha value is -0.300. The first-order valence-corrected chi connectivity index (χ1v) is 4.03. The fraction of sp³-hybridized carbons (Fsp3) is 0.778. The molecule has 0 bridgehead atoms. The van der Waals surface area contributed by atoms with Gasteiger partial charge in [0.1, 0.15) is 0 Å². The molecule has 0 aliphatic heterocycles. The third-order valence-corrected chi connectivity index (χ3v) is 1.32. The van der Waals surface area contributed by atoms with Crippen LogP contribution in [-0.2, 0) is 4.74 Å². The fourth-order valence-corrected chi connectivity index (χ4v) is 0.708. The molecule has 0 aromatic heterocycles. The monoisotopic (exact) mass is 141 g/mol. The van der Waals surface area contributed by atoms with Crippen molar-refractivity contribution in [3.05, 3.63) is 12.7 Å². The first kappa shape index (κ1) is 9.70. The molecule has 0 aliphatic rings. The Balaban J connectivity index is 2.70. The van der Waals surface area contributed by atoms with Crippen molar-refractivity contribution < 1.29 is 4.74 Å². The Morgan fingerprint density at radius 3 is 2.70 bits per heavy atom. The van der Waals surface area contributed by atoms with Crippen LogP contribution in [0.2, 0.25) is 0 Å². The topological polar surface area (TPSA) is 9.23 Å². The van der Waals surface area contributed by atoms with Crippen LogP contribution in [0.5, 0.6) is 0 Å². The van der Waals surface area contributed by atoms with E-state index >= 15 is 0 Å². The van der Waals surface area contributed by atoms with Crippen LogP contribution in [0.4, 0.5) is 0 Å². The molecule has 1 heteroatoms. The predicted octanol–water partition coefficient (Wildman–Crippen LogP) is 2.57. The van der Waals surface area contributed by atoms with Crippen LogP contribution in [0.15, 0.2) is 6.08 Å². The summed E-state index contributed by atoms with van der Waals surface area (Å²) in [5, 5.41) is 0. The van der Waals surface area contributed by atoms with E-state index in [4.69, 9.17) is 11.3 Å². The molecule has 0 saturated carbocycles. The molecule has 0 heterocycles. The quantitative estimate of drug-likeness (QED) is 0.495. The second-order valence-electron chi connectivity index (χ2n) is 2.34. The summed E-state index contributed by atoms with van der Waals surface area (Å²) >= 11 is 0. The molecule has 0 N–H and O–H groups in total. The van der Waals surface area contributed by atoms with Crippen LogP contribution in [0.1, 0.15) is 32.6 Å². The second kappa shape index (κ2) is 8.70. The standard InChI is InChI=1S/C9H17O/c1-3-5-7-9-10-8-6-4-2/h2,4H,3,5-9H2,1H3. The minimum absolute atomic E-state index is 0.778. The molecule has 0 unspecified atom stereocenters. The Bertz CT molecular complexity index is 69.1. The lowest BCUT2D eigenvalue weighted by Gasteiger charge is -1.99. The summed E-state index contributed by atoms with van der Waals surface area (Å²) in [5.74, 6) is 0. The molecule has 0 saturated heterocycles. The van der Waals surface area contributed by atoms with Crippen LogP contribution in [0.3, 0.4) is 0 Å². The number of unbranched alkanes of at least 4 members (excludes halogenated alkanes) is 2. The van der Waals surface area contributed by atoms with Gasteiger partial charge in [-0.3, -0.25) is 0 Å². The highest BCUT2D eigenvalue weighted by atomic mass is 16.5. The molecule has 1 radical (unpaired) electrons. The predicted molar refractivity (Wildman–Crippen MR) is 43.8 cm³/mol. The fourth-order valence-electron chi connectivity index (χ4n) is 0.708. The number of hydrogen-bond donors (Lipinski definition) is 0. The number of ether oxygens (including phenoxy) is 1. The van der Waals surface area contributed by atoms with E-state index in [1.165, 1.54) is 19.3 Å². The lowest BCUT2D eigenvalue weighted by atomic mass is 10.3. The van der Waals surface area contributed by atoms with Gasteiger partial charge in [0.15, 0.2) is 0 Å². The van der Waals surface area contributed by atoms with E-state index in [2.05, 4.69) is 6.92 Å². The van der Waals surface area contributed by atoms with Gasteiger partial charge in [0.25, 0.3) is 0 Å².